The van der Waals surface area contributed by atoms with Gasteiger partial charge in [0.25, 0.3) is 0 Å². The smallest absolute Gasteiger partial charge is 0.243 e. The maximum absolute atomic E-state index is 12.9. The third kappa shape index (κ3) is 4.83. The number of amides is 1. The molecular formula is C15H15BrFN3O3S. The first-order valence-electron chi connectivity index (χ1n) is 7.02. The van der Waals surface area contributed by atoms with E-state index in [9.17, 15) is 17.6 Å². The molecule has 1 amide bonds. The molecule has 2 aromatic rings. The van der Waals surface area contributed by atoms with Gasteiger partial charge in [-0.1, -0.05) is 6.92 Å². The van der Waals surface area contributed by atoms with Gasteiger partial charge >= 0.3 is 0 Å². The van der Waals surface area contributed by atoms with Crippen LogP contribution in [0.5, 0.6) is 0 Å². The largest absolute Gasteiger partial charge is 0.309 e. The Kier molecular flexibility index (Phi) is 6.03. The molecule has 0 spiro atoms. The molecule has 0 bridgehead atoms. The van der Waals surface area contributed by atoms with Crippen molar-refractivity contribution in [3.05, 3.63) is 52.9 Å². The molecule has 0 saturated heterocycles. The van der Waals surface area contributed by atoms with E-state index in [0.717, 1.165) is 28.7 Å². The number of carbonyl (C=O) groups is 1. The summed E-state index contributed by atoms with van der Waals surface area (Å²) in [7, 11) is -3.94. The highest BCUT2D eigenvalue weighted by Gasteiger charge is 2.24. The van der Waals surface area contributed by atoms with Crippen molar-refractivity contribution in [2.75, 3.05) is 5.32 Å². The monoisotopic (exact) mass is 415 g/mol. The standard InChI is InChI=1S/C15H15BrFN3O3S/c1-2-13(15(21)19-14-8-3-10(16)9-18-14)20-24(22,23)12-6-4-11(17)5-7-12/h3-9,13,20H,2H2,1H3,(H,18,19,21). The SMILES string of the molecule is CCC(NS(=O)(=O)c1ccc(F)cc1)C(=O)Nc1ccc(Br)cn1. The molecule has 1 aromatic carbocycles. The summed E-state index contributed by atoms with van der Waals surface area (Å²) in [6, 6.07) is 6.67. The fraction of sp³-hybridized carbons (Fsp3) is 0.200. The molecule has 0 aliphatic heterocycles. The lowest BCUT2D eigenvalue weighted by Crippen LogP contribution is -2.43. The van der Waals surface area contributed by atoms with Gasteiger partial charge in [-0.3, -0.25) is 4.79 Å². The van der Waals surface area contributed by atoms with Crippen LogP contribution in [-0.2, 0) is 14.8 Å². The predicted molar refractivity (Wildman–Crippen MR) is 91.4 cm³/mol. The Morgan fingerprint density at radius 2 is 1.92 bits per heavy atom. The number of anilines is 1. The van der Waals surface area contributed by atoms with Gasteiger partial charge < -0.3 is 5.32 Å². The van der Waals surface area contributed by atoms with Crippen LogP contribution in [0.4, 0.5) is 10.2 Å². The molecule has 0 saturated carbocycles. The number of sulfonamides is 1. The van der Waals surface area contributed by atoms with Crippen molar-refractivity contribution in [1.82, 2.24) is 9.71 Å². The van der Waals surface area contributed by atoms with Crippen LogP contribution in [0.15, 0.2) is 52.0 Å². The van der Waals surface area contributed by atoms with Gasteiger partial charge in [0.1, 0.15) is 17.7 Å². The summed E-state index contributed by atoms with van der Waals surface area (Å²) >= 11 is 3.23. The van der Waals surface area contributed by atoms with Crippen molar-refractivity contribution in [2.45, 2.75) is 24.3 Å². The zero-order valence-electron chi connectivity index (χ0n) is 12.7. The summed E-state index contributed by atoms with van der Waals surface area (Å²) < 4.78 is 40.5. The fourth-order valence-corrected chi connectivity index (χ4v) is 3.37. The van der Waals surface area contributed by atoms with E-state index < -0.39 is 27.8 Å². The summed E-state index contributed by atoms with van der Waals surface area (Å²) in [5.41, 5.74) is 0. The lowest BCUT2D eigenvalue weighted by Gasteiger charge is -2.16. The third-order valence-corrected chi connectivity index (χ3v) is 5.08. The molecule has 128 valence electrons. The van der Waals surface area contributed by atoms with Crippen molar-refractivity contribution in [3.8, 4) is 0 Å². The summed E-state index contributed by atoms with van der Waals surface area (Å²) in [6.45, 7) is 1.67. The summed E-state index contributed by atoms with van der Waals surface area (Å²) in [6.07, 6.45) is 1.75. The predicted octanol–water partition coefficient (Wildman–Crippen LogP) is 2.68. The number of rotatable bonds is 6. The van der Waals surface area contributed by atoms with E-state index in [4.69, 9.17) is 0 Å². The van der Waals surface area contributed by atoms with Crippen LogP contribution in [0, 0.1) is 5.82 Å². The van der Waals surface area contributed by atoms with Crippen LogP contribution >= 0.6 is 15.9 Å². The first-order chi connectivity index (χ1) is 11.3. The summed E-state index contributed by atoms with van der Waals surface area (Å²) in [5, 5.41) is 2.55. The number of carbonyl (C=O) groups excluding carboxylic acids is 1. The number of hydrogen-bond acceptors (Lipinski definition) is 4. The average molecular weight is 416 g/mol. The van der Waals surface area contributed by atoms with E-state index in [2.05, 4.69) is 31.0 Å². The number of halogens is 2. The Hall–Kier alpha value is -1.84. The van der Waals surface area contributed by atoms with Gasteiger partial charge in [-0.15, -0.1) is 0 Å². The van der Waals surface area contributed by atoms with Crippen LogP contribution < -0.4 is 10.0 Å². The zero-order chi connectivity index (χ0) is 17.7. The molecule has 0 aliphatic carbocycles. The average Bonchev–Trinajstić information content (AvgIpc) is 2.55. The highest BCUT2D eigenvalue weighted by Crippen LogP contribution is 2.13. The second-order valence-corrected chi connectivity index (χ2v) is 7.52. The first kappa shape index (κ1) is 18.5. The van der Waals surface area contributed by atoms with Crippen LogP contribution in [0.1, 0.15) is 13.3 Å². The molecule has 6 nitrogen and oxygen atoms in total. The Morgan fingerprint density at radius 1 is 1.25 bits per heavy atom. The molecule has 0 fully saturated rings. The maximum atomic E-state index is 12.9. The molecule has 1 heterocycles. The van der Waals surface area contributed by atoms with Crippen molar-refractivity contribution in [1.29, 1.82) is 0 Å². The molecule has 1 aromatic heterocycles. The van der Waals surface area contributed by atoms with Crippen molar-refractivity contribution in [2.24, 2.45) is 0 Å². The Morgan fingerprint density at radius 3 is 2.46 bits per heavy atom. The van der Waals surface area contributed by atoms with Gasteiger partial charge in [-0.25, -0.2) is 17.8 Å². The number of nitrogens with zero attached hydrogens (tertiary/aromatic N) is 1. The van der Waals surface area contributed by atoms with E-state index in [0.29, 0.717) is 5.82 Å². The van der Waals surface area contributed by atoms with E-state index in [-0.39, 0.29) is 11.3 Å². The second kappa shape index (κ2) is 7.82. The van der Waals surface area contributed by atoms with E-state index in [1.165, 1.54) is 6.20 Å². The number of pyridine rings is 1. The van der Waals surface area contributed by atoms with Gasteiger partial charge in [0.05, 0.1) is 4.90 Å². The third-order valence-electron chi connectivity index (χ3n) is 3.12. The highest BCUT2D eigenvalue weighted by atomic mass is 79.9. The fourth-order valence-electron chi connectivity index (χ4n) is 1.85. The molecule has 2 rings (SSSR count). The van der Waals surface area contributed by atoms with E-state index in [1.54, 1.807) is 19.1 Å². The van der Waals surface area contributed by atoms with Crippen molar-refractivity contribution < 1.29 is 17.6 Å². The van der Waals surface area contributed by atoms with Crippen LogP contribution in [0.3, 0.4) is 0 Å². The Balaban J connectivity index is 2.11. The van der Waals surface area contributed by atoms with Gasteiger partial charge in [0, 0.05) is 10.7 Å². The molecule has 1 atom stereocenters. The zero-order valence-corrected chi connectivity index (χ0v) is 15.1. The molecule has 0 aliphatic rings. The molecule has 9 heteroatoms. The summed E-state index contributed by atoms with van der Waals surface area (Å²) in [5.74, 6) is -0.763. The minimum atomic E-state index is -3.94. The van der Waals surface area contributed by atoms with Crippen LogP contribution in [0.25, 0.3) is 0 Å². The molecule has 24 heavy (non-hydrogen) atoms. The Labute approximate surface area is 147 Å². The summed E-state index contributed by atoms with van der Waals surface area (Å²) in [4.78, 5) is 16.1. The number of benzene rings is 1. The van der Waals surface area contributed by atoms with E-state index >= 15 is 0 Å². The minimum absolute atomic E-state index is 0.114. The second-order valence-electron chi connectivity index (χ2n) is 4.89. The van der Waals surface area contributed by atoms with Gasteiger partial charge in [-0.05, 0) is 58.7 Å². The first-order valence-corrected chi connectivity index (χ1v) is 9.30. The molecular weight excluding hydrogens is 401 g/mol. The van der Waals surface area contributed by atoms with Crippen LogP contribution in [0.2, 0.25) is 0 Å². The number of nitrogens with one attached hydrogen (secondary N) is 2. The maximum Gasteiger partial charge on any atom is 0.243 e. The highest BCUT2D eigenvalue weighted by molar-refractivity contribution is 9.10. The molecule has 0 radical (unpaired) electrons. The lowest BCUT2D eigenvalue weighted by molar-refractivity contribution is -0.117. The van der Waals surface area contributed by atoms with Crippen molar-refractivity contribution >= 4 is 37.7 Å². The quantitative estimate of drug-likeness (QED) is 0.758. The van der Waals surface area contributed by atoms with E-state index in [1.807, 2.05) is 0 Å². The normalized spacial score (nSPS) is 12.6. The van der Waals surface area contributed by atoms with Crippen LogP contribution in [-0.4, -0.2) is 25.4 Å². The van der Waals surface area contributed by atoms with Gasteiger partial charge in [-0.2, -0.15) is 4.72 Å². The number of hydrogen-bond donors (Lipinski definition) is 2. The molecule has 1 unspecified atom stereocenters. The Bertz CT molecular complexity index is 811. The lowest BCUT2D eigenvalue weighted by atomic mass is 10.2. The number of aromatic nitrogens is 1. The topological polar surface area (TPSA) is 88.2 Å². The van der Waals surface area contributed by atoms with Gasteiger partial charge in [0.2, 0.25) is 15.9 Å². The van der Waals surface area contributed by atoms with Crippen molar-refractivity contribution in [3.63, 3.8) is 0 Å². The van der Waals surface area contributed by atoms with Gasteiger partial charge in [0.15, 0.2) is 0 Å². The minimum Gasteiger partial charge on any atom is -0.309 e. The molecule has 2 N–H and O–H groups in total.